The number of amides is 1. The molecule has 0 aromatic carbocycles. The number of hydrogen-bond acceptors (Lipinski definition) is 3. The van der Waals surface area contributed by atoms with Gasteiger partial charge in [-0.05, 0) is 48.0 Å². The maximum Gasteiger partial charge on any atom is 0.250 e. The molecular weight excluding hydrogens is 562 g/mol. The zero-order valence-electron chi connectivity index (χ0n) is 18.5. The van der Waals surface area contributed by atoms with E-state index in [2.05, 4.69) is 10.6 Å². The Labute approximate surface area is 228 Å². The molecule has 1 aromatic heterocycles. The number of carbonyl (C=O) groups excluding carboxylic acids is 1. The number of hydrogen-bond donors (Lipinski definition) is 2. The Kier molecular flexibility index (Phi) is 7.47. The van der Waals surface area contributed by atoms with Gasteiger partial charge in [0.05, 0.1) is 5.92 Å². The van der Waals surface area contributed by atoms with Crippen LogP contribution in [0.2, 0.25) is 0 Å². The van der Waals surface area contributed by atoms with E-state index in [4.69, 9.17) is 70.2 Å². The summed E-state index contributed by atoms with van der Waals surface area (Å²) in [7, 11) is 0. The van der Waals surface area contributed by atoms with Crippen LogP contribution in [0.4, 0.5) is 0 Å². The molecule has 186 valence electrons. The zero-order valence-corrected chi connectivity index (χ0v) is 23.1. The van der Waals surface area contributed by atoms with Gasteiger partial charge in [0.2, 0.25) is 9.70 Å². The number of nitrogens with zero attached hydrogens (tertiary/aromatic N) is 2. The Morgan fingerprint density at radius 2 is 1.91 bits per heavy atom. The summed E-state index contributed by atoms with van der Waals surface area (Å²) in [6, 6.07) is 5.37. The summed E-state index contributed by atoms with van der Waals surface area (Å²) in [5.41, 5.74) is 0.704. The maximum absolute atomic E-state index is 13.0. The molecule has 4 rings (SSSR count). The van der Waals surface area contributed by atoms with Crippen molar-refractivity contribution in [3.63, 3.8) is 0 Å². The number of rotatable bonds is 4. The van der Waals surface area contributed by atoms with Crippen molar-refractivity contribution >= 4 is 81.2 Å². The Morgan fingerprint density at radius 1 is 1.21 bits per heavy atom. The summed E-state index contributed by atoms with van der Waals surface area (Å²) in [5.74, 6) is -0.329. The second kappa shape index (κ2) is 9.64. The molecule has 3 aliphatic rings. The van der Waals surface area contributed by atoms with Gasteiger partial charge in [-0.2, -0.15) is 0 Å². The molecule has 0 radical (unpaired) electrons. The molecule has 3 heterocycles. The predicted octanol–water partition coefficient (Wildman–Crippen LogP) is 4.55. The van der Waals surface area contributed by atoms with Crippen LogP contribution < -0.4 is 16.2 Å². The van der Waals surface area contributed by atoms with Crippen LogP contribution in [0, 0.1) is 23.2 Å². The zero-order chi connectivity index (χ0) is 25.0. The number of pyridine rings is 1. The number of halogens is 5. The molecular formula is C22H25Cl5N4O2S. The van der Waals surface area contributed by atoms with Crippen molar-refractivity contribution in [2.75, 3.05) is 13.1 Å². The van der Waals surface area contributed by atoms with Gasteiger partial charge in [0.1, 0.15) is 10.7 Å². The van der Waals surface area contributed by atoms with E-state index in [0.29, 0.717) is 24.7 Å². The summed E-state index contributed by atoms with van der Waals surface area (Å²) in [6.45, 7) is 5.84. The Bertz CT molecular complexity index is 1080. The third-order valence-electron chi connectivity index (χ3n) is 7.15. The Hall–Kier alpha value is -0.700. The first-order valence-corrected chi connectivity index (χ1v) is 13.2. The molecule has 1 amide bonds. The smallest absolute Gasteiger partial charge is 0.250 e. The molecule has 1 saturated heterocycles. The highest BCUT2D eigenvalue weighted by atomic mass is 35.6. The number of allylic oxidation sites excluding steroid dienone is 1. The lowest BCUT2D eigenvalue weighted by molar-refractivity contribution is -0.123. The van der Waals surface area contributed by atoms with E-state index in [1.165, 1.54) is 0 Å². The first kappa shape index (κ1) is 26.4. The number of nitrogens with one attached hydrogen (secondary N) is 2. The number of likely N-dealkylation sites (tertiary alicyclic amines) is 1. The molecule has 0 spiro atoms. The van der Waals surface area contributed by atoms with Gasteiger partial charge in [0.15, 0.2) is 5.11 Å². The monoisotopic (exact) mass is 584 g/mol. The lowest BCUT2D eigenvalue weighted by Gasteiger charge is -2.44. The van der Waals surface area contributed by atoms with Crippen LogP contribution in [0.15, 0.2) is 33.6 Å². The summed E-state index contributed by atoms with van der Waals surface area (Å²) >= 11 is 35.9. The van der Waals surface area contributed by atoms with Crippen molar-refractivity contribution in [1.82, 2.24) is 20.1 Å². The van der Waals surface area contributed by atoms with Crippen LogP contribution in [0.5, 0.6) is 0 Å². The number of alkyl halides is 3. The molecule has 1 saturated carbocycles. The normalized spacial score (nSPS) is 27.8. The average molecular weight is 587 g/mol. The molecule has 6 nitrogen and oxygen atoms in total. The molecule has 2 fully saturated rings. The van der Waals surface area contributed by atoms with Gasteiger partial charge in [-0.15, -0.1) is 0 Å². The van der Waals surface area contributed by atoms with Gasteiger partial charge in [0, 0.05) is 37.3 Å². The molecule has 34 heavy (non-hydrogen) atoms. The second-order valence-electron chi connectivity index (χ2n) is 9.82. The quantitative estimate of drug-likeness (QED) is 0.308. The van der Waals surface area contributed by atoms with Gasteiger partial charge in [0.25, 0.3) is 5.56 Å². The molecule has 0 unspecified atom stereocenters. The van der Waals surface area contributed by atoms with Gasteiger partial charge < -0.3 is 20.1 Å². The summed E-state index contributed by atoms with van der Waals surface area (Å²) in [4.78, 5) is 27.3. The number of aromatic nitrogens is 1. The molecule has 1 aromatic rings. The third-order valence-corrected chi connectivity index (χ3v) is 8.43. The highest BCUT2D eigenvalue weighted by Gasteiger charge is 2.61. The largest absolute Gasteiger partial charge is 0.348 e. The number of piperidine rings is 1. The average Bonchev–Trinajstić information content (AvgIpc) is 3.26. The fourth-order valence-corrected chi connectivity index (χ4v) is 6.20. The van der Waals surface area contributed by atoms with Gasteiger partial charge in [-0.25, -0.2) is 0 Å². The molecule has 2 N–H and O–H groups in total. The van der Waals surface area contributed by atoms with E-state index in [9.17, 15) is 9.59 Å². The van der Waals surface area contributed by atoms with Crippen LogP contribution >= 0.6 is 70.2 Å². The summed E-state index contributed by atoms with van der Waals surface area (Å²) < 4.78 is 0.122. The molecule has 5 atom stereocenters. The predicted molar refractivity (Wildman–Crippen MR) is 142 cm³/mol. The van der Waals surface area contributed by atoms with Crippen molar-refractivity contribution in [3.8, 4) is 0 Å². The van der Waals surface area contributed by atoms with Crippen LogP contribution in [0.1, 0.15) is 31.9 Å². The second-order valence-corrected chi connectivity index (χ2v) is 13.6. The van der Waals surface area contributed by atoms with Crippen molar-refractivity contribution in [3.05, 3.63) is 44.8 Å². The fraction of sp³-hybridized carbons (Fsp3) is 0.591. The fourth-order valence-electron chi connectivity index (χ4n) is 5.33. The van der Waals surface area contributed by atoms with E-state index in [-0.39, 0.29) is 45.0 Å². The highest BCUT2D eigenvalue weighted by molar-refractivity contribution is 7.80. The third kappa shape index (κ3) is 5.35. The lowest BCUT2D eigenvalue weighted by Crippen LogP contribution is -2.60. The first-order valence-electron chi connectivity index (χ1n) is 10.9. The number of thiocarbonyl (C=S) groups is 1. The van der Waals surface area contributed by atoms with Crippen LogP contribution in [-0.2, 0) is 11.3 Å². The van der Waals surface area contributed by atoms with Crippen LogP contribution in [0.25, 0.3) is 0 Å². The summed E-state index contributed by atoms with van der Waals surface area (Å²) in [6.07, 6.45) is 1.61. The SMILES string of the molecule is CC1(C)[C@@H](C=C(Cl)Cl)[C@@H]1C(=O)N[C@H](NC(=S)N1C[C@@H]2C[C@@H](C1)c1cccc(=O)n1C2)C(Cl)(Cl)Cl. The molecule has 2 aliphatic heterocycles. The van der Waals surface area contributed by atoms with E-state index < -0.39 is 9.96 Å². The van der Waals surface area contributed by atoms with Gasteiger partial charge in [-0.1, -0.05) is 77.9 Å². The minimum Gasteiger partial charge on any atom is -0.348 e. The molecule has 1 aliphatic carbocycles. The van der Waals surface area contributed by atoms with Crippen molar-refractivity contribution in [1.29, 1.82) is 0 Å². The van der Waals surface area contributed by atoms with Crippen molar-refractivity contribution < 1.29 is 4.79 Å². The first-order chi connectivity index (χ1) is 15.8. The maximum atomic E-state index is 13.0. The summed E-state index contributed by atoms with van der Waals surface area (Å²) in [5, 5.41) is 6.22. The van der Waals surface area contributed by atoms with Gasteiger partial charge in [-0.3, -0.25) is 9.59 Å². The highest BCUT2D eigenvalue weighted by Crippen LogP contribution is 2.59. The van der Waals surface area contributed by atoms with Crippen molar-refractivity contribution in [2.24, 2.45) is 23.2 Å². The lowest BCUT2D eigenvalue weighted by atomic mass is 9.83. The van der Waals surface area contributed by atoms with Crippen LogP contribution in [-0.4, -0.2) is 43.5 Å². The standard InChI is InChI=1S/C22H25Cl5N4O2S/c1-21(2)13(7-15(23)24)17(21)18(33)28-19(22(25,26)27)29-20(34)30-8-11-6-12(10-30)14-4-3-5-16(32)31(14)9-11/h3-5,7,11-13,17,19H,6,8-10H2,1-2H3,(H,28,33)(H,29,34)/t11-,12-,13-,17+,19+/m0/s1. The molecule has 2 bridgehead atoms. The van der Waals surface area contributed by atoms with E-state index in [1.807, 2.05) is 29.4 Å². The van der Waals surface area contributed by atoms with Gasteiger partial charge >= 0.3 is 0 Å². The Morgan fingerprint density at radius 3 is 2.56 bits per heavy atom. The van der Waals surface area contributed by atoms with Crippen molar-refractivity contribution in [2.45, 2.75) is 42.7 Å². The topological polar surface area (TPSA) is 66.4 Å². The van der Waals surface area contributed by atoms with Crippen LogP contribution in [0.3, 0.4) is 0 Å². The van der Waals surface area contributed by atoms with E-state index in [1.54, 1.807) is 18.2 Å². The van der Waals surface area contributed by atoms with E-state index >= 15 is 0 Å². The number of carbonyl (C=O) groups is 1. The Balaban J connectivity index is 1.45. The molecule has 12 heteroatoms. The van der Waals surface area contributed by atoms with E-state index in [0.717, 1.165) is 12.1 Å². The minimum absolute atomic E-state index is 0.0203. The minimum atomic E-state index is -1.85. The number of fused-ring (bicyclic) bond motifs is 4.